The Balaban J connectivity index is 1.23. The van der Waals surface area contributed by atoms with Crippen molar-refractivity contribution in [1.82, 2.24) is 19.5 Å². The number of nitrogens with zero attached hydrogens (tertiary/aromatic N) is 4. The van der Waals surface area contributed by atoms with Crippen LogP contribution in [0.25, 0.3) is 11.2 Å². The molecule has 3 atom stereocenters. The van der Waals surface area contributed by atoms with Gasteiger partial charge in [-0.3, -0.25) is 4.57 Å². The molecule has 0 bridgehead atoms. The van der Waals surface area contributed by atoms with Crippen LogP contribution in [0.1, 0.15) is 89.4 Å². The molecule has 2 aromatic carbocycles. The summed E-state index contributed by atoms with van der Waals surface area (Å²) in [7, 11) is 0. The Morgan fingerprint density at radius 2 is 1.53 bits per heavy atom. The molecule has 2 aliphatic rings. The minimum absolute atomic E-state index is 0.0986. The highest BCUT2D eigenvalue weighted by Crippen LogP contribution is 2.35. The van der Waals surface area contributed by atoms with Crippen LogP contribution in [0.3, 0.4) is 0 Å². The number of rotatable bonds is 8. The fourth-order valence-electron chi connectivity index (χ4n) is 5.97. The predicted octanol–water partition coefficient (Wildman–Crippen LogP) is 6.99. The highest BCUT2D eigenvalue weighted by Gasteiger charge is 2.41. The van der Waals surface area contributed by atoms with Crippen molar-refractivity contribution in [2.45, 2.75) is 89.7 Å². The number of esters is 2. The van der Waals surface area contributed by atoms with Gasteiger partial charge in [-0.15, -0.1) is 0 Å². The second-order valence-electron chi connectivity index (χ2n) is 12.0. The zero-order chi connectivity index (χ0) is 31.3. The quantitative estimate of drug-likeness (QED) is 0.162. The number of aromatic nitrogens is 4. The molecule has 2 aromatic heterocycles. The minimum Gasteiger partial charge on any atom is -0.459 e. The highest BCUT2D eigenvalue weighted by molar-refractivity contribution is 6.28. The molecular weight excluding hydrogens is 594 g/mol. The number of nitrogens with one attached hydrogen (secondary N) is 1. The lowest BCUT2D eigenvalue weighted by atomic mass is 9.97. The van der Waals surface area contributed by atoms with E-state index in [1.54, 1.807) is 35.2 Å². The number of hydrogen-bond donors (Lipinski definition) is 1. The summed E-state index contributed by atoms with van der Waals surface area (Å²) in [6, 6.07) is 14.6. The highest BCUT2D eigenvalue weighted by atomic mass is 35.5. The summed E-state index contributed by atoms with van der Waals surface area (Å²) in [6.07, 6.45) is 8.14. The molecule has 1 N–H and O–H groups in total. The van der Waals surface area contributed by atoms with Crippen molar-refractivity contribution in [3.63, 3.8) is 0 Å². The van der Waals surface area contributed by atoms with Crippen LogP contribution >= 0.6 is 11.6 Å². The van der Waals surface area contributed by atoms with Crippen LogP contribution in [0.5, 0.6) is 0 Å². The van der Waals surface area contributed by atoms with E-state index in [0.717, 1.165) is 24.0 Å². The van der Waals surface area contributed by atoms with Crippen LogP contribution < -0.4 is 5.32 Å². The van der Waals surface area contributed by atoms with Gasteiger partial charge in [-0.05, 0) is 62.6 Å². The molecule has 0 unspecified atom stereocenters. The molecule has 4 aromatic rings. The molecule has 1 saturated carbocycles. The van der Waals surface area contributed by atoms with Crippen molar-refractivity contribution >= 4 is 40.5 Å². The fraction of sp³-hybridized carbons (Fsp3) is 0.441. The molecule has 11 heteroatoms. The molecule has 10 nitrogen and oxygen atoms in total. The molecule has 3 heterocycles. The van der Waals surface area contributed by atoms with Crippen molar-refractivity contribution in [2.75, 3.05) is 11.9 Å². The van der Waals surface area contributed by atoms with Gasteiger partial charge < -0.3 is 19.5 Å². The summed E-state index contributed by atoms with van der Waals surface area (Å²) in [5.74, 6) is -0.368. The van der Waals surface area contributed by atoms with Gasteiger partial charge in [0.2, 0.25) is 5.28 Å². The molecule has 0 spiro atoms. The summed E-state index contributed by atoms with van der Waals surface area (Å²) in [6.45, 7) is 3.79. The number of carbonyl (C=O) groups excluding carboxylic acids is 2. The molecule has 1 aliphatic heterocycles. The third kappa shape index (κ3) is 7.45. The third-order valence-electron chi connectivity index (χ3n) is 8.54. The average molecular weight is 632 g/mol. The topological polar surface area (TPSA) is 117 Å². The van der Waals surface area contributed by atoms with E-state index in [0.29, 0.717) is 34.5 Å². The molecule has 6 rings (SSSR count). The van der Waals surface area contributed by atoms with Gasteiger partial charge in [-0.2, -0.15) is 9.97 Å². The normalized spacial score (nSPS) is 20.8. The van der Waals surface area contributed by atoms with Crippen molar-refractivity contribution in [1.29, 1.82) is 0 Å². The maximum atomic E-state index is 13.1. The number of fused-ring (bicyclic) bond motifs is 1. The summed E-state index contributed by atoms with van der Waals surface area (Å²) >= 11 is 6.42. The Kier molecular flexibility index (Phi) is 9.61. The molecule has 2 fully saturated rings. The lowest BCUT2D eigenvalue weighted by molar-refractivity contribution is -0.0563. The molecule has 236 valence electrons. The maximum absolute atomic E-state index is 13.1. The van der Waals surface area contributed by atoms with Crippen LogP contribution in [0, 0.1) is 13.8 Å². The van der Waals surface area contributed by atoms with Crippen LogP contribution in [0.15, 0.2) is 54.9 Å². The van der Waals surface area contributed by atoms with Crippen molar-refractivity contribution in [3.8, 4) is 0 Å². The Bertz CT molecular complexity index is 1630. The number of benzene rings is 2. The number of imidazole rings is 1. The standard InChI is InChI=1S/C34H38ClN5O5/c1-21-10-14-23(15-11-21)32(41)43-19-27-26(45-33(42)24-16-12-22(2)13-17-24)18-28(44-27)40-20-36-29-30(38-34(35)39-31(29)40)37-25-8-6-4-3-5-7-9-25/h10-17,20,25-28H,3-9,18-19H2,1-2H3,(H,37,38,39)/t26-,27+,28+/m0/s1. The van der Waals surface area contributed by atoms with Gasteiger partial charge in [0, 0.05) is 12.5 Å². The first-order valence-electron chi connectivity index (χ1n) is 15.7. The van der Waals surface area contributed by atoms with E-state index in [4.69, 9.17) is 25.8 Å². The third-order valence-corrected chi connectivity index (χ3v) is 8.71. The molecule has 1 saturated heterocycles. The monoisotopic (exact) mass is 631 g/mol. The summed E-state index contributed by atoms with van der Waals surface area (Å²) in [5.41, 5.74) is 4.03. The summed E-state index contributed by atoms with van der Waals surface area (Å²) in [5, 5.41) is 3.67. The molecule has 0 radical (unpaired) electrons. The van der Waals surface area contributed by atoms with E-state index < -0.39 is 30.4 Å². The van der Waals surface area contributed by atoms with E-state index in [-0.39, 0.29) is 17.9 Å². The number of hydrogen-bond acceptors (Lipinski definition) is 9. The second-order valence-corrected chi connectivity index (χ2v) is 12.3. The van der Waals surface area contributed by atoms with E-state index in [1.165, 1.54) is 32.1 Å². The zero-order valence-corrected chi connectivity index (χ0v) is 26.3. The number of aryl methyl sites for hydroxylation is 2. The Morgan fingerprint density at radius 3 is 2.20 bits per heavy atom. The van der Waals surface area contributed by atoms with Gasteiger partial charge in [0.05, 0.1) is 17.5 Å². The lowest BCUT2D eigenvalue weighted by Gasteiger charge is -2.21. The number of carbonyl (C=O) groups is 2. The van der Waals surface area contributed by atoms with E-state index >= 15 is 0 Å². The Morgan fingerprint density at radius 1 is 0.911 bits per heavy atom. The Hall–Kier alpha value is -4.02. The first kappa shape index (κ1) is 31.0. The van der Waals surface area contributed by atoms with Crippen molar-refractivity contribution in [2.24, 2.45) is 0 Å². The number of anilines is 1. The predicted molar refractivity (Wildman–Crippen MR) is 170 cm³/mol. The second kappa shape index (κ2) is 14.0. The first-order chi connectivity index (χ1) is 21.8. The van der Waals surface area contributed by atoms with Gasteiger partial charge in [-0.1, -0.05) is 67.5 Å². The largest absolute Gasteiger partial charge is 0.459 e. The van der Waals surface area contributed by atoms with Gasteiger partial charge in [0.15, 0.2) is 17.0 Å². The van der Waals surface area contributed by atoms with Crippen LogP contribution in [-0.2, 0) is 14.2 Å². The van der Waals surface area contributed by atoms with Crippen LogP contribution in [-0.4, -0.2) is 56.3 Å². The number of ether oxygens (including phenoxy) is 3. The molecule has 0 amide bonds. The number of halogens is 1. The van der Waals surface area contributed by atoms with Gasteiger partial charge in [0.25, 0.3) is 0 Å². The lowest BCUT2D eigenvalue weighted by Crippen LogP contribution is -2.32. The smallest absolute Gasteiger partial charge is 0.338 e. The van der Waals surface area contributed by atoms with Gasteiger partial charge in [0.1, 0.15) is 25.0 Å². The van der Waals surface area contributed by atoms with E-state index in [2.05, 4.69) is 20.3 Å². The minimum atomic E-state index is -0.721. The van der Waals surface area contributed by atoms with Crippen LogP contribution in [0.4, 0.5) is 5.82 Å². The average Bonchev–Trinajstić information content (AvgIpc) is 3.61. The van der Waals surface area contributed by atoms with Crippen molar-refractivity contribution < 1.29 is 23.8 Å². The van der Waals surface area contributed by atoms with Crippen LogP contribution in [0.2, 0.25) is 5.28 Å². The van der Waals surface area contributed by atoms with Crippen molar-refractivity contribution in [3.05, 3.63) is 82.4 Å². The fourth-order valence-corrected chi connectivity index (χ4v) is 6.13. The van der Waals surface area contributed by atoms with Gasteiger partial charge in [-0.25, -0.2) is 14.6 Å². The molecule has 45 heavy (non-hydrogen) atoms. The zero-order valence-electron chi connectivity index (χ0n) is 25.6. The maximum Gasteiger partial charge on any atom is 0.338 e. The molecule has 1 aliphatic carbocycles. The molecular formula is C34H38ClN5O5. The summed E-state index contributed by atoms with van der Waals surface area (Å²) < 4.78 is 19.8. The SMILES string of the molecule is Cc1ccc(C(=O)OC[C@H]2O[C@@H](n3cnc4c(NC5CCCCCCC5)nc(Cl)nc43)C[C@@H]2OC(=O)c2ccc(C)cc2)cc1. The Labute approximate surface area is 267 Å². The summed E-state index contributed by atoms with van der Waals surface area (Å²) in [4.78, 5) is 39.6. The van der Waals surface area contributed by atoms with E-state index in [1.807, 2.05) is 38.1 Å². The first-order valence-corrected chi connectivity index (χ1v) is 16.1. The van der Waals surface area contributed by atoms with Gasteiger partial charge >= 0.3 is 11.9 Å². The van der Waals surface area contributed by atoms with E-state index in [9.17, 15) is 9.59 Å².